The molecule has 0 aliphatic heterocycles. The standard InChI is InChI=1S/C16H14N4O5/c21-16(10-1-2-10)18-12-5-3-11(4-6-12)17-14-8-7-13(19(22)23)9-15(14)20(24)25/h3-10,17H,1-2H2,(H,18,21). The second-order valence-corrected chi connectivity index (χ2v) is 5.68. The number of nitrogens with one attached hydrogen (secondary N) is 2. The van der Waals surface area contributed by atoms with Gasteiger partial charge >= 0.3 is 0 Å². The predicted molar refractivity (Wildman–Crippen MR) is 90.8 cm³/mol. The number of rotatable bonds is 6. The number of anilines is 3. The van der Waals surface area contributed by atoms with Crippen molar-refractivity contribution in [2.45, 2.75) is 12.8 Å². The van der Waals surface area contributed by atoms with Gasteiger partial charge in [0.1, 0.15) is 5.69 Å². The van der Waals surface area contributed by atoms with Crippen LogP contribution in [0.25, 0.3) is 0 Å². The molecule has 1 fully saturated rings. The van der Waals surface area contributed by atoms with Crippen molar-refractivity contribution in [1.29, 1.82) is 0 Å². The molecule has 1 amide bonds. The van der Waals surface area contributed by atoms with Gasteiger partial charge in [0.15, 0.2) is 0 Å². The van der Waals surface area contributed by atoms with Crippen molar-refractivity contribution in [3.05, 3.63) is 62.7 Å². The minimum Gasteiger partial charge on any atom is -0.350 e. The van der Waals surface area contributed by atoms with Crippen molar-refractivity contribution in [2.75, 3.05) is 10.6 Å². The molecule has 0 spiro atoms. The number of carbonyl (C=O) groups excluding carboxylic acids is 1. The lowest BCUT2D eigenvalue weighted by Gasteiger charge is -2.09. The molecule has 2 N–H and O–H groups in total. The molecule has 1 aliphatic carbocycles. The number of amides is 1. The number of carbonyl (C=O) groups is 1. The van der Waals surface area contributed by atoms with Crippen LogP contribution in [-0.2, 0) is 4.79 Å². The Morgan fingerprint density at radius 2 is 1.60 bits per heavy atom. The van der Waals surface area contributed by atoms with Crippen LogP contribution in [-0.4, -0.2) is 15.8 Å². The third kappa shape index (κ3) is 3.89. The molecule has 0 atom stereocenters. The van der Waals surface area contributed by atoms with Crippen molar-refractivity contribution < 1.29 is 14.6 Å². The molecule has 128 valence electrons. The van der Waals surface area contributed by atoms with E-state index in [0.717, 1.165) is 18.9 Å². The quantitative estimate of drug-likeness (QED) is 0.610. The fourth-order valence-corrected chi connectivity index (χ4v) is 2.27. The predicted octanol–water partition coefficient (Wildman–Crippen LogP) is 3.60. The van der Waals surface area contributed by atoms with Crippen LogP contribution in [0.1, 0.15) is 12.8 Å². The summed E-state index contributed by atoms with van der Waals surface area (Å²) in [6.07, 6.45) is 1.82. The van der Waals surface area contributed by atoms with E-state index in [-0.39, 0.29) is 28.9 Å². The van der Waals surface area contributed by atoms with Crippen molar-refractivity contribution >= 4 is 34.3 Å². The summed E-state index contributed by atoms with van der Waals surface area (Å²) in [5.74, 6) is 0.0901. The van der Waals surface area contributed by atoms with Crippen molar-refractivity contribution in [3.8, 4) is 0 Å². The average Bonchev–Trinajstić information content (AvgIpc) is 3.41. The molecule has 3 rings (SSSR count). The summed E-state index contributed by atoms with van der Waals surface area (Å²) in [4.78, 5) is 32.2. The Morgan fingerprint density at radius 3 is 2.16 bits per heavy atom. The van der Waals surface area contributed by atoms with E-state index in [9.17, 15) is 25.0 Å². The van der Waals surface area contributed by atoms with Crippen LogP contribution >= 0.6 is 0 Å². The number of non-ortho nitro benzene ring substituents is 1. The number of nitro benzene ring substituents is 2. The van der Waals surface area contributed by atoms with E-state index in [4.69, 9.17) is 0 Å². The van der Waals surface area contributed by atoms with Crippen LogP contribution in [0.3, 0.4) is 0 Å². The van der Waals surface area contributed by atoms with Gasteiger partial charge in [-0.05, 0) is 43.2 Å². The van der Waals surface area contributed by atoms with E-state index in [0.29, 0.717) is 11.4 Å². The zero-order chi connectivity index (χ0) is 18.0. The van der Waals surface area contributed by atoms with Gasteiger partial charge in [-0.25, -0.2) is 0 Å². The zero-order valence-electron chi connectivity index (χ0n) is 13.0. The second-order valence-electron chi connectivity index (χ2n) is 5.68. The Balaban J connectivity index is 1.76. The van der Waals surface area contributed by atoms with Gasteiger partial charge in [-0.1, -0.05) is 0 Å². The summed E-state index contributed by atoms with van der Waals surface area (Å²) < 4.78 is 0. The van der Waals surface area contributed by atoms with E-state index in [1.165, 1.54) is 12.1 Å². The molecule has 2 aromatic rings. The molecule has 9 nitrogen and oxygen atoms in total. The monoisotopic (exact) mass is 342 g/mol. The van der Waals surface area contributed by atoms with E-state index in [2.05, 4.69) is 10.6 Å². The third-order valence-electron chi connectivity index (χ3n) is 3.77. The van der Waals surface area contributed by atoms with Crippen molar-refractivity contribution in [3.63, 3.8) is 0 Å². The van der Waals surface area contributed by atoms with Gasteiger partial charge in [0.25, 0.3) is 11.4 Å². The number of hydrogen-bond acceptors (Lipinski definition) is 6. The summed E-state index contributed by atoms with van der Waals surface area (Å²) in [5.41, 5.74) is 0.600. The topological polar surface area (TPSA) is 127 Å². The average molecular weight is 342 g/mol. The van der Waals surface area contributed by atoms with Crippen LogP contribution in [0.2, 0.25) is 0 Å². The zero-order valence-corrected chi connectivity index (χ0v) is 13.0. The molecular formula is C16H14N4O5. The molecule has 9 heteroatoms. The number of nitro groups is 2. The summed E-state index contributed by atoms with van der Waals surface area (Å²) in [6.45, 7) is 0. The summed E-state index contributed by atoms with van der Waals surface area (Å²) in [7, 11) is 0. The van der Waals surface area contributed by atoms with Crippen molar-refractivity contribution in [2.24, 2.45) is 5.92 Å². The highest BCUT2D eigenvalue weighted by Gasteiger charge is 2.29. The number of nitrogens with zero attached hydrogens (tertiary/aromatic N) is 2. The Hall–Kier alpha value is -3.49. The largest absolute Gasteiger partial charge is 0.350 e. The van der Waals surface area contributed by atoms with Gasteiger partial charge in [-0.3, -0.25) is 25.0 Å². The highest BCUT2D eigenvalue weighted by atomic mass is 16.6. The van der Waals surface area contributed by atoms with Crippen LogP contribution in [0.5, 0.6) is 0 Å². The Labute approximate surface area is 142 Å². The summed E-state index contributed by atoms with van der Waals surface area (Å²) >= 11 is 0. The van der Waals surface area contributed by atoms with Gasteiger partial charge in [-0.15, -0.1) is 0 Å². The SMILES string of the molecule is O=C(Nc1ccc(Nc2ccc([N+](=O)[O-])cc2[N+](=O)[O-])cc1)C1CC1. The fourth-order valence-electron chi connectivity index (χ4n) is 2.27. The maximum atomic E-state index is 11.7. The lowest BCUT2D eigenvalue weighted by atomic mass is 10.2. The molecule has 0 radical (unpaired) electrons. The normalized spacial score (nSPS) is 13.1. The number of hydrogen-bond donors (Lipinski definition) is 2. The first-order chi connectivity index (χ1) is 11.9. The molecule has 0 unspecified atom stereocenters. The molecule has 2 aromatic carbocycles. The van der Waals surface area contributed by atoms with Gasteiger partial charge < -0.3 is 10.6 Å². The van der Waals surface area contributed by atoms with Gasteiger partial charge in [-0.2, -0.15) is 0 Å². The Bertz CT molecular complexity index is 846. The Kier molecular flexibility index (Phi) is 4.29. The van der Waals surface area contributed by atoms with E-state index < -0.39 is 9.85 Å². The molecule has 1 aliphatic rings. The molecule has 0 heterocycles. The maximum Gasteiger partial charge on any atom is 0.299 e. The van der Waals surface area contributed by atoms with Gasteiger partial charge in [0.05, 0.1) is 15.9 Å². The Morgan fingerprint density at radius 1 is 0.960 bits per heavy atom. The van der Waals surface area contributed by atoms with E-state index in [1.54, 1.807) is 24.3 Å². The molecular weight excluding hydrogens is 328 g/mol. The fraction of sp³-hybridized carbons (Fsp3) is 0.188. The molecule has 0 aromatic heterocycles. The van der Waals surface area contributed by atoms with E-state index in [1.807, 2.05) is 0 Å². The minimum absolute atomic E-state index is 0.00767. The highest BCUT2D eigenvalue weighted by Crippen LogP contribution is 2.32. The first-order valence-corrected chi connectivity index (χ1v) is 7.55. The van der Waals surface area contributed by atoms with Gasteiger partial charge in [0, 0.05) is 23.4 Å². The summed E-state index contributed by atoms with van der Waals surface area (Å²) in [5, 5.41) is 27.5. The first-order valence-electron chi connectivity index (χ1n) is 7.55. The minimum atomic E-state index is -0.686. The van der Waals surface area contributed by atoms with Crippen LogP contribution in [0.4, 0.5) is 28.4 Å². The van der Waals surface area contributed by atoms with Crippen molar-refractivity contribution in [1.82, 2.24) is 0 Å². The lowest BCUT2D eigenvalue weighted by Crippen LogP contribution is -2.13. The highest BCUT2D eigenvalue weighted by molar-refractivity contribution is 5.94. The lowest BCUT2D eigenvalue weighted by molar-refractivity contribution is -0.393. The molecule has 1 saturated carbocycles. The van der Waals surface area contributed by atoms with Gasteiger partial charge in [0.2, 0.25) is 5.91 Å². The van der Waals surface area contributed by atoms with Crippen LogP contribution in [0, 0.1) is 26.1 Å². The molecule has 25 heavy (non-hydrogen) atoms. The van der Waals surface area contributed by atoms with Crippen LogP contribution < -0.4 is 10.6 Å². The van der Waals surface area contributed by atoms with E-state index >= 15 is 0 Å². The maximum absolute atomic E-state index is 11.7. The first kappa shape index (κ1) is 16.4. The second kappa shape index (κ2) is 6.56. The summed E-state index contributed by atoms with van der Waals surface area (Å²) in [6, 6.07) is 10.1. The molecule has 0 bridgehead atoms. The van der Waals surface area contributed by atoms with Crippen LogP contribution in [0.15, 0.2) is 42.5 Å². The smallest absolute Gasteiger partial charge is 0.299 e. The molecule has 0 saturated heterocycles. The third-order valence-corrected chi connectivity index (χ3v) is 3.77. The number of benzene rings is 2.